The number of cyclic esters (lactones) is 1. The highest BCUT2D eigenvalue weighted by molar-refractivity contribution is 5.92. The average Bonchev–Trinajstić information content (AvgIpc) is 3.08. The third kappa shape index (κ3) is 11.0. The Bertz CT molecular complexity index is 689. The fraction of sp³-hybridized carbons (Fsp3) is 0.731. The molecule has 7 heteroatoms. The minimum atomic E-state index is -2.47. The van der Waals surface area contributed by atoms with Gasteiger partial charge in [-0.1, -0.05) is 57.3 Å². The van der Waals surface area contributed by atoms with Crippen molar-refractivity contribution in [3.8, 4) is 0 Å². The number of unbranched alkanes of at least 4 members (excludes halogenated alkanes) is 7. The molecule has 0 aromatic heterocycles. The van der Waals surface area contributed by atoms with Crippen LogP contribution in [0.4, 0.5) is 0 Å². The van der Waals surface area contributed by atoms with E-state index in [2.05, 4.69) is 19.1 Å². The second-order valence-electron chi connectivity index (χ2n) is 9.79. The highest BCUT2D eigenvalue weighted by Crippen LogP contribution is 2.36. The van der Waals surface area contributed by atoms with Crippen LogP contribution >= 0.6 is 0 Å². The van der Waals surface area contributed by atoms with Crippen LogP contribution in [0.1, 0.15) is 98.3 Å². The van der Waals surface area contributed by atoms with Crippen LogP contribution in [0.2, 0.25) is 0 Å². The molecule has 1 fully saturated rings. The normalized spacial score (nSPS) is 20.8. The number of allylic oxidation sites excluding steroid dienone is 3. The van der Waals surface area contributed by atoms with Gasteiger partial charge in [-0.2, -0.15) is 0 Å². The summed E-state index contributed by atoms with van der Waals surface area (Å²) in [5, 5.41) is 20.1. The molecule has 1 rings (SSSR count). The molecule has 1 saturated heterocycles. The van der Waals surface area contributed by atoms with E-state index in [1.54, 1.807) is 26.8 Å². The van der Waals surface area contributed by atoms with Crippen molar-refractivity contribution >= 4 is 17.9 Å². The molecule has 0 aromatic carbocycles. The smallest absolute Gasteiger partial charge is 0.340 e. The van der Waals surface area contributed by atoms with Crippen LogP contribution in [0.3, 0.4) is 0 Å². The molecule has 0 spiro atoms. The van der Waals surface area contributed by atoms with E-state index in [0.29, 0.717) is 0 Å². The van der Waals surface area contributed by atoms with Crippen LogP contribution in [-0.4, -0.2) is 45.4 Å². The zero-order valence-electron chi connectivity index (χ0n) is 20.7. The first kappa shape index (κ1) is 28.9. The standard InChI is InChI=1S/C26H42O7/c1-5-6-7-8-9-10-11-12-13-14-15-16-17-20-18-21(23(29)32-20)26(31,19-22(27)28)24(30)33-25(2,3)4/h12-13,16-17,20-21,31H,5-11,14-15,18-19H2,1-4H3,(H,27,28)/b13-12-,17-16+/t20-,21+,26-/m1/s1. The molecule has 0 aliphatic carbocycles. The maximum absolute atomic E-state index is 12.6. The van der Waals surface area contributed by atoms with Gasteiger partial charge >= 0.3 is 17.9 Å². The van der Waals surface area contributed by atoms with Gasteiger partial charge in [0.2, 0.25) is 0 Å². The molecule has 0 saturated carbocycles. The number of rotatable bonds is 15. The monoisotopic (exact) mass is 466 g/mol. The van der Waals surface area contributed by atoms with Crippen molar-refractivity contribution in [3.63, 3.8) is 0 Å². The molecule has 0 unspecified atom stereocenters. The summed E-state index contributed by atoms with van der Waals surface area (Å²) in [5.41, 5.74) is -3.41. The number of carbonyl (C=O) groups is 3. The lowest BCUT2D eigenvalue weighted by Gasteiger charge is -2.31. The molecule has 3 atom stereocenters. The van der Waals surface area contributed by atoms with Gasteiger partial charge in [0.25, 0.3) is 0 Å². The number of carbonyl (C=O) groups excluding carboxylic acids is 2. The van der Waals surface area contributed by atoms with Gasteiger partial charge < -0.3 is 19.7 Å². The molecule has 0 aromatic rings. The van der Waals surface area contributed by atoms with Gasteiger partial charge in [-0.15, -0.1) is 0 Å². The second-order valence-corrected chi connectivity index (χ2v) is 9.79. The van der Waals surface area contributed by atoms with Gasteiger partial charge in [0.05, 0.1) is 6.42 Å². The first-order valence-corrected chi connectivity index (χ1v) is 12.2. The molecule has 1 aliphatic rings. The lowest BCUT2D eigenvalue weighted by Crippen LogP contribution is -2.52. The Morgan fingerprint density at radius 1 is 1.03 bits per heavy atom. The summed E-state index contributed by atoms with van der Waals surface area (Å²) in [7, 11) is 0. The van der Waals surface area contributed by atoms with E-state index >= 15 is 0 Å². The molecule has 0 bridgehead atoms. The Hall–Kier alpha value is -2.15. The van der Waals surface area contributed by atoms with Gasteiger partial charge in [0.1, 0.15) is 17.6 Å². The number of hydrogen-bond acceptors (Lipinski definition) is 6. The molecule has 0 radical (unpaired) electrons. The fourth-order valence-corrected chi connectivity index (χ4v) is 3.77. The predicted molar refractivity (Wildman–Crippen MR) is 127 cm³/mol. The van der Waals surface area contributed by atoms with E-state index < -0.39 is 47.6 Å². The van der Waals surface area contributed by atoms with Gasteiger partial charge in [0.15, 0.2) is 5.60 Å². The van der Waals surface area contributed by atoms with E-state index in [9.17, 15) is 24.6 Å². The van der Waals surface area contributed by atoms with Crippen LogP contribution in [0.25, 0.3) is 0 Å². The van der Waals surface area contributed by atoms with Crippen LogP contribution in [0.5, 0.6) is 0 Å². The Kier molecular flexibility index (Phi) is 12.4. The van der Waals surface area contributed by atoms with E-state index in [1.165, 1.54) is 38.5 Å². The molecule has 7 nitrogen and oxygen atoms in total. The lowest BCUT2D eigenvalue weighted by atomic mass is 9.82. The number of carboxylic acids is 1. The number of carboxylic acid groups (broad SMARTS) is 1. The third-order valence-corrected chi connectivity index (χ3v) is 5.51. The fourth-order valence-electron chi connectivity index (χ4n) is 3.77. The first-order valence-electron chi connectivity index (χ1n) is 12.2. The third-order valence-electron chi connectivity index (χ3n) is 5.51. The summed E-state index contributed by atoms with van der Waals surface area (Å²) in [6, 6.07) is 0. The van der Waals surface area contributed by atoms with Crippen molar-refractivity contribution in [1.29, 1.82) is 0 Å². The SMILES string of the molecule is CCCCCCCC/C=C\CC/C=C/[C@@H]1C[C@H]([C@](O)(CC(=O)O)C(=O)OC(C)(C)C)C(=O)O1. The number of esters is 2. The summed E-state index contributed by atoms with van der Waals surface area (Å²) < 4.78 is 10.5. The number of aliphatic hydroxyl groups is 1. The highest BCUT2D eigenvalue weighted by Gasteiger charge is 2.55. The topological polar surface area (TPSA) is 110 Å². The van der Waals surface area contributed by atoms with Gasteiger partial charge in [0, 0.05) is 6.42 Å². The molecule has 0 amide bonds. The van der Waals surface area contributed by atoms with Crippen molar-refractivity contribution in [2.45, 2.75) is 116 Å². The van der Waals surface area contributed by atoms with Gasteiger partial charge in [-0.3, -0.25) is 9.59 Å². The Labute approximate surface area is 198 Å². The molecule has 33 heavy (non-hydrogen) atoms. The van der Waals surface area contributed by atoms with E-state index in [0.717, 1.165) is 19.3 Å². The van der Waals surface area contributed by atoms with Gasteiger partial charge in [-0.05, 0) is 52.5 Å². The molecule has 2 N–H and O–H groups in total. The van der Waals surface area contributed by atoms with Crippen molar-refractivity contribution in [2.24, 2.45) is 5.92 Å². The summed E-state index contributed by atoms with van der Waals surface area (Å²) >= 11 is 0. The van der Waals surface area contributed by atoms with E-state index in [-0.39, 0.29) is 6.42 Å². The largest absolute Gasteiger partial charge is 0.481 e. The van der Waals surface area contributed by atoms with Gasteiger partial charge in [-0.25, -0.2) is 4.79 Å². The predicted octanol–water partition coefficient (Wildman–Crippen LogP) is 5.11. The lowest BCUT2D eigenvalue weighted by molar-refractivity contribution is -0.190. The minimum absolute atomic E-state index is 0.0201. The summed E-state index contributed by atoms with van der Waals surface area (Å²) in [6.07, 6.45) is 16.9. The maximum atomic E-state index is 12.6. The highest BCUT2D eigenvalue weighted by atomic mass is 16.6. The van der Waals surface area contributed by atoms with Crippen molar-refractivity contribution in [2.75, 3.05) is 0 Å². The Morgan fingerprint density at radius 3 is 2.27 bits per heavy atom. The second kappa shape index (κ2) is 14.2. The maximum Gasteiger partial charge on any atom is 0.340 e. The van der Waals surface area contributed by atoms with Crippen molar-refractivity contribution in [1.82, 2.24) is 0 Å². The van der Waals surface area contributed by atoms with Crippen molar-refractivity contribution in [3.05, 3.63) is 24.3 Å². The van der Waals surface area contributed by atoms with Crippen LogP contribution in [0, 0.1) is 5.92 Å². The van der Waals surface area contributed by atoms with E-state index in [4.69, 9.17) is 9.47 Å². The number of hydrogen-bond donors (Lipinski definition) is 2. The average molecular weight is 467 g/mol. The zero-order valence-corrected chi connectivity index (χ0v) is 20.7. The molecule has 1 heterocycles. The number of ether oxygens (including phenoxy) is 2. The molecular weight excluding hydrogens is 424 g/mol. The summed E-state index contributed by atoms with van der Waals surface area (Å²) in [4.78, 5) is 36.2. The van der Waals surface area contributed by atoms with Crippen LogP contribution in [0.15, 0.2) is 24.3 Å². The number of aliphatic carboxylic acids is 1. The first-order chi connectivity index (χ1) is 15.5. The molecule has 1 aliphatic heterocycles. The molecular formula is C26H42O7. The summed E-state index contributed by atoms with van der Waals surface area (Å²) in [5.74, 6) is -4.62. The zero-order chi connectivity index (χ0) is 24.9. The molecule has 188 valence electrons. The quantitative estimate of drug-likeness (QED) is 0.196. The Balaban J connectivity index is 2.51. The van der Waals surface area contributed by atoms with E-state index in [1.807, 2.05) is 6.08 Å². The van der Waals surface area contributed by atoms with Crippen LogP contribution < -0.4 is 0 Å². The van der Waals surface area contributed by atoms with Crippen LogP contribution in [-0.2, 0) is 23.9 Å². The van der Waals surface area contributed by atoms with Crippen molar-refractivity contribution < 1.29 is 34.1 Å². The Morgan fingerprint density at radius 2 is 1.64 bits per heavy atom. The summed E-state index contributed by atoms with van der Waals surface area (Å²) in [6.45, 7) is 7.03. The minimum Gasteiger partial charge on any atom is -0.481 e.